The number of halogens is 3. The monoisotopic (exact) mass is 1700 g/mol. The van der Waals surface area contributed by atoms with Gasteiger partial charge in [-0.3, -0.25) is 38.4 Å². The van der Waals surface area contributed by atoms with Gasteiger partial charge in [0.25, 0.3) is 0 Å². The number of phenols is 3. The summed E-state index contributed by atoms with van der Waals surface area (Å²) < 4.78 is 39.2. The van der Waals surface area contributed by atoms with Crippen LogP contribution in [0.2, 0.25) is 15.1 Å². The number of aliphatic hydroxyl groups is 6. The minimum absolute atomic E-state index is 0.117. The summed E-state index contributed by atoms with van der Waals surface area (Å²) in [5.41, 5.74) is 3.93. The molecule has 0 spiro atoms. The Morgan fingerprint density at radius 2 is 1.27 bits per heavy atom. The first-order valence-corrected chi connectivity index (χ1v) is 38.7. The number of hydrogen-bond acceptors (Lipinski definition) is 26. The minimum Gasteiger partial charge on any atom is -0.508 e. The van der Waals surface area contributed by atoms with Crippen LogP contribution in [0, 0.1) is 5.92 Å². The number of amides is 8. The molecule has 7 aliphatic heterocycles. The Labute approximate surface area is 693 Å². The van der Waals surface area contributed by atoms with Gasteiger partial charge in [-0.25, -0.2) is 4.79 Å². The van der Waals surface area contributed by atoms with E-state index in [1.807, 2.05) is 50.2 Å². The van der Waals surface area contributed by atoms with Crippen molar-refractivity contribution < 1.29 is 123 Å². The molecular weight excluding hydrogens is 1620 g/mol. The molecule has 7 aromatic carbocycles. The van der Waals surface area contributed by atoms with Gasteiger partial charge in [-0.2, -0.15) is 0 Å². The number of ether oxygens (including phenoxy) is 6. The standard InChI is InChI=1S/C81H87Cl3N10O25/c1-33(2)20-48(86-5)73(106)92-64-66(101)39-13-18-52(46(83)22-39)115-54-24-41-25-55(70(54)119-80-71(69(104)68(103)56(32-95)117-80)118-59-29-81(4,72(105)34(3)114-59)94-58(100)31-87-30-35-6-8-36(9-7-35)37-10-15-42(82)16-11-37)116-53-19-14-40(23-47(53)84)67(102)65-78(111)91-63(79(112)113)45-26-43(96)27-51(98)60(45)44-21-38(12-17-50(44)97)61(75(108)93-65)90-76(109)62(41)89-74(107)49(28-57(85)99)88-77(64)110/h6-19,21-27,33-34,48-49,56,59,61-69,71-72,80,86-87,95-98,101-105H,20,28-32H2,1-5H3,(H2,85,99)(H,88,110)(H,89,107)(H,90,109)(H,91,111)(H,92,106)(H,93,108)(H,94,100)(H,112,113)/t34-,48+,49-,56+,59-,61+,62+,63-,64+,65-,66+,67+,68+,69-,71+,72+,80-,81-/m0/s1. The highest BCUT2D eigenvalue weighted by Crippen LogP contribution is 2.50. The molecule has 119 heavy (non-hydrogen) atoms. The first-order valence-electron chi connectivity index (χ1n) is 37.5. The normalized spacial score (nSPS) is 26.7. The molecule has 35 nitrogen and oxygen atoms in total. The Morgan fingerprint density at radius 3 is 1.87 bits per heavy atom. The molecule has 7 aromatic rings. The maximum atomic E-state index is 16.2. The number of nitrogens with two attached hydrogens (primary N) is 1. The molecule has 0 saturated carbocycles. The number of hydrogen-bond donors (Lipinski definition) is 20. The van der Waals surface area contributed by atoms with Crippen molar-refractivity contribution in [3.05, 3.63) is 176 Å². The van der Waals surface area contributed by atoms with Gasteiger partial charge in [0, 0.05) is 40.7 Å². The fourth-order valence-electron chi connectivity index (χ4n) is 14.7. The zero-order valence-electron chi connectivity index (χ0n) is 64.1. The average molecular weight is 1710 g/mol. The molecular formula is C81H87Cl3N10O25. The van der Waals surface area contributed by atoms with Gasteiger partial charge in [-0.05, 0) is 139 Å². The fourth-order valence-corrected chi connectivity index (χ4v) is 15.3. The summed E-state index contributed by atoms with van der Waals surface area (Å²) in [6, 6.07) is 13.9. The van der Waals surface area contributed by atoms with Crippen molar-refractivity contribution in [1.82, 2.24) is 47.9 Å². The Hall–Kier alpha value is -11.0. The Bertz CT molecular complexity index is 5050. The van der Waals surface area contributed by atoms with Crippen molar-refractivity contribution in [2.24, 2.45) is 11.7 Å². The summed E-state index contributed by atoms with van der Waals surface area (Å²) in [5, 5.41) is 139. The van der Waals surface area contributed by atoms with E-state index < -0.39 is 248 Å². The van der Waals surface area contributed by atoms with E-state index in [2.05, 4.69) is 47.9 Å². The Morgan fingerprint density at radius 1 is 0.664 bits per heavy atom. The number of carboxylic acids is 1. The largest absolute Gasteiger partial charge is 0.508 e. The van der Waals surface area contributed by atoms with Crippen LogP contribution in [-0.2, 0) is 63.9 Å². The molecule has 11 bridgehead atoms. The van der Waals surface area contributed by atoms with Gasteiger partial charge in [0.1, 0.15) is 95.6 Å². The number of aromatic hydroxyl groups is 3. The van der Waals surface area contributed by atoms with Crippen molar-refractivity contribution in [1.29, 1.82) is 0 Å². The van der Waals surface area contributed by atoms with Crippen LogP contribution in [0.15, 0.2) is 127 Å². The lowest BCUT2D eigenvalue weighted by Gasteiger charge is -2.48. The highest BCUT2D eigenvalue weighted by molar-refractivity contribution is 6.32. The SMILES string of the molecule is CN[C@H](CC(C)C)C(=O)N[C@H]1C(=O)N[C@@H](CC(N)=O)C(=O)N[C@H]2C(=O)N[C@H]3C(=O)N[C@H](C(=O)N[C@H](C(=O)O)c4cc(O)cc(O)c4-c4cc3ccc4O)[C@H](O)c3ccc(c(Cl)c3)Oc3cc2cc(c3O[C@@H]2O[C@H](CO)[C@@H](O)[C@H](O)[C@H]2O[C@H]2C[C@](C)(NC(=O)CNCc3ccc(-c4ccc(Cl)cc4)cc3)[C@H](O)[C@H](C)O2)Oc2ccc(cc2Cl)[C@H]1O. The van der Waals surface area contributed by atoms with Crippen LogP contribution in [0.25, 0.3) is 22.3 Å². The zero-order valence-corrected chi connectivity index (χ0v) is 66.3. The van der Waals surface area contributed by atoms with Crippen LogP contribution >= 0.6 is 34.8 Å². The number of benzene rings is 7. The van der Waals surface area contributed by atoms with E-state index in [0.717, 1.165) is 83.4 Å². The van der Waals surface area contributed by atoms with Gasteiger partial charge in [-0.1, -0.05) is 103 Å². The molecule has 7 aliphatic rings. The molecule has 0 radical (unpaired) electrons. The van der Waals surface area contributed by atoms with E-state index in [4.69, 9.17) is 69.0 Å². The summed E-state index contributed by atoms with van der Waals surface area (Å²) in [7, 11) is 1.47. The van der Waals surface area contributed by atoms with E-state index in [1.54, 1.807) is 12.1 Å². The highest BCUT2D eigenvalue weighted by atomic mass is 35.5. The molecule has 0 aromatic heterocycles. The summed E-state index contributed by atoms with van der Waals surface area (Å²) in [5.74, 6) is -16.9. The van der Waals surface area contributed by atoms with Crippen LogP contribution < -0.4 is 67.8 Å². The van der Waals surface area contributed by atoms with Crippen LogP contribution in [-0.4, -0.2) is 203 Å². The molecule has 0 unspecified atom stereocenters. The van der Waals surface area contributed by atoms with E-state index in [1.165, 1.54) is 33.0 Å². The topological polar surface area (TPSA) is 546 Å². The third-order valence-electron chi connectivity index (χ3n) is 20.9. The second-order valence-corrected chi connectivity index (χ2v) is 31.2. The van der Waals surface area contributed by atoms with Crippen molar-refractivity contribution in [3.8, 4) is 68.2 Å². The number of rotatable bonds is 19. The van der Waals surface area contributed by atoms with Crippen molar-refractivity contribution in [2.75, 3.05) is 20.2 Å². The fraction of sp³-hybridized carbons (Fsp3) is 0.370. The molecule has 14 rings (SSSR count). The number of nitrogens with one attached hydrogen (secondary N) is 9. The van der Waals surface area contributed by atoms with Crippen LogP contribution in [0.3, 0.4) is 0 Å². The molecule has 2 saturated heterocycles. The van der Waals surface area contributed by atoms with Crippen LogP contribution in [0.4, 0.5) is 0 Å². The molecule has 0 aliphatic carbocycles. The van der Waals surface area contributed by atoms with Gasteiger partial charge >= 0.3 is 5.97 Å². The number of aliphatic hydroxyl groups excluding tert-OH is 6. The number of primary amides is 1. The number of carbonyl (C=O) groups excluding carboxylic acids is 8. The third-order valence-corrected chi connectivity index (χ3v) is 21.7. The maximum absolute atomic E-state index is 16.2. The Kier molecular flexibility index (Phi) is 26.9. The Balaban J connectivity index is 1.00. The predicted octanol–water partition coefficient (Wildman–Crippen LogP) is 3.37. The quantitative estimate of drug-likeness (QED) is 0.0552. The number of carboxylic acid groups (broad SMARTS) is 1. The lowest BCUT2D eigenvalue weighted by atomic mass is 9.85. The number of aliphatic carboxylic acids is 1. The van der Waals surface area contributed by atoms with Crippen LogP contribution in [0.5, 0.6) is 46.0 Å². The number of fused-ring (bicyclic) bond motifs is 15. The van der Waals surface area contributed by atoms with E-state index in [0.29, 0.717) is 5.02 Å². The number of likely N-dealkylation sites (N-methyl/N-ethyl adjacent to an activating group) is 1. The third kappa shape index (κ3) is 19.5. The smallest absolute Gasteiger partial charge is 0.330 e. The summed E-state index contributed by atoms with van der Waals surface area (Å²) in [6.07, 6.45) is -19.8. The minimum atomic E-state index is -2.39. The second-order valence-electron chi connectivity index (χ2n) is 30.0. The zero-order chi connectivity index (χ0) is 85.9. The summed E-state index contributed by atoms with van der Waals surface area (Å²) in [4.78, 5) is 132. The van der Waals surface area contributed by atoms with Gasteiger partial charge in [0.15, 0.2) is 29.9 Å². The molecule has 21 N–H and O–H groups in total. The molecule has 632 valence electrons. The van der Waals surface area contributed by atoms with E-state index in [9.17, 15) is 79.8 Å². The number of phenolic OH excluding ortho intramolecular Hbond substituents is 3. The summed E-state index contributed by atoms with van der Waals surface area (Å²) >= 11 is 20.4. The predicted molar refractivity (Wildman–Crippen MR) is 422 cm³/mol. The van der Waals surface area contributed by atoms with Gasteiger partial charge < -0.3 is 133 Å². The van der Waals surface area contributed by atoms with Gasteiger partial charge in [0.05, 0.1) is 47.3 Å². The lowest BCUT2D eigenvalue weighted by molar-refractivity contribution is -0.334. The lowest BCUT2D eigenvalue weighted by Crippen LogP contribution is -2.66. The molecule has 18 atom stereocenters. The first-order chi connectivity index (χ1) is 56.5. The number of carbonyl (C=O) groups is 9. The van der Waals surface area contributed by atoms with Crippen LogP contribution in [0.1, 0.15) is 111 Å². The average Bonchev–Trinajstić information content (AvgIpc) is 0.769. The second kappa shape index (κ2) is 36.7. The van der Waals surface area contributed by atoms with Crippen molar-refractivity contribution >= 4 is 88.0 Å². The highest BCUT2D eigenvalue weighted by Gasteiger charge is 2.53. The first kappa shape index (κ1) is 87.3. The molecule has 8 amide bonds. The van der Waals surface area contributed by atoms with E-state index in [-0.39, 0.29) is 54.3 Å². The van der Waals surface area contributed by atoms with Crippen molar-refractivity contribution in [2.45, 2.75) is 163 Å². The van der Waals surface area contributed by atoms with Gasteiger partial charge in [-0.15, -0.1) is 0 Å². The summed E-state index contributed by atoms with van der Waals surface area (Å²) in [6.45, 7) is 5.58. The van der Waals surface area contributed by atoms with Crippen molar-refractivity contribution in [3.63, 3.8) is 0 Å². The van der Waals surface area contributed by atoms with Gasteiger partial charge in [0.2, 0.25) is 59.3 Å². The molecule has 38 heteroatoms. The maximum Gasteiger partial charge on any atom is 0.330 e. The molecule has 7 heterocycles. The van der Waals surface area contributed by atoms with E-state index >= 15 is 14.4 Å². The molecule has 2 fully saturated rings.